The van der Waals surface area contributed by atoms with Crippen LogP contribution >= 0.6 is 12.4 Å². The van der Waals surface area contributed by atoms with Gasteiger partial charge in [-0.2, -0.15) is 0 Å². The molecule has 1 atom stereocenters. The zero-order valence-electron chi connectivity index (χ0n) is 13.2. The van der Waals surface area contributed by atoms with Crippen molar-refractivity contribution in [2.45, 2.75) is 19.3 Å². The fraction of sp³-hybridized carbons (Fsp3) is 0.562. The van der Waals surface area contributed by atoms with Gasteiger partial charge in [-0.1, -0.05) is 0 Å². The summed E-state index contributed by atoms with van der Waals surface area (Å²) < 4.78 is 10.5. The number of methoxy groups -OCH3 is 2. The van der Waals surface area contributed by atoms with Crippen LogP contribution in [0.5, 0.6) is 11.5 Å². The maximum atomic E-state index is 12.6. The Kier molecular flexibility index (Phi) is 7.48. The van der Waals surface area contributed by atoms with Crippen LogP contribution in [0.15, 0.2) is 18.2 Å². The number of likely N-dealkylation sites (tertiary alicyclic amines) is 1. The highest BCUT2D eigenvalue weighted by molar-refractivity contribution is 5.95. The molecule has 1 fully saturated rings. The van der Waals surface area contributed by atoms with Crippen LogP contribution in [0.3, 0.4) is 0 Å². The number of rotatable bonds is 5. The lowest BCUT2D eigenvalue weighted by Crippen LogP contribution is -2.40. The van der Waals surface area contributed by atoms with Crippen LogP contribution < -0.4 is 15.2 Å². The fourth-order valence-corrected chi connectivity index (χ4v) is 2.87. The van der Waals surface area contributed by atoms with Crippen molar-refractivity contribution in [3.05, 3.63) is 23.8 Å². The Morgan fingerprint density at radius 2 is 2.05 bits per heavy atom. The Morgan fingerprint density at radius 3 is 2.68 bits per heavy atom. The Labute approximate surface area is 138 Å². The molecular formula is C16H25ClN2O3. The third-order valence-electron chi connectivity index (χ3n) is 4.01. The van der Waals surface area contributed by atoms with E-state index in [0.29, 0.717) is 29.5 Å². The van der Waals surface area contributed by atoms with Crippen LogP contribution in [0.1, 0.15) is 29.6 Å². The van der Waals surface area contributed by atoms with Gasteiger partial charge in [-0.05, 0) is 49.9 Å². The molecule has 1 aliphatic rings. The van der Waals surface area contributed by atoms with Gasteiger partial charge in [-0.3, -0.25) is 4.79 Å². The molecule has 1 heterocycles. The predicted octanol–water partition coefficient (Wildman–Crippen LogP) is 2.33. The molecule has 1 aromatic rings. The second-order valence-corrected chi connectivity index (χ2v) is 5.41. The van der Waals surface area contributed by atoms with Gasteiger partial charge < -0.3 is 20.1 Å². The lowest BCUT2D eigenvalue weighted by Gasteiger charge is -2.32. The maximum absolute atomic E-state index is 12.6. The number of hydrogen-bond acceptors (Lipinski definition) is 4. The van der Waals surface area contributed by atoms with E-state index in [-0.39, 0.29) is 18.3 Å². The summed E-state index contributed by atoms with van der Waals surface area (Å²) in [6.45, 7) is 2.29. The van der Waals surface area contributed by atoms with Gasteiger partial charge in [0.15, 0.2) is 11.5 Å². The summed E-state index contributed by atoms with van der Waals surface area (Å²) in [7, 11) is 3.16. The highest BCUT2D eigenvalue weighted by Gasteiger charge is 2.24. The molecule has 1 aromatic carbocycles. The second-order valence-electron chi connectivity index (χ2n) is 5.41. The molecule has 0 aliphatic carbocycles. The average Bonchev–Trinajstić information content (AvgIpc) is 2.54. The molecule has 2 rings (SSSR count). The summed E-state index contributed by atoms with van der Waals surface area (Å²) in [5, 5.41) is 0. The molecule has 1 saturated heterocycles. The first-order valence-corrected chi connectivity index (χ1v) is 7.41. The second kappa shape index (κ2) is 8.86. The van der Waals surface area contributed by atoms with Crippen molar-refractivity contribution in [3.8, 4) is 11.5 Å². The number of carbonyl (C=O) groups is 1. The first-order chi connectivity index (χ1) is 10.2. The Morgan fingerprint density at radius 1 is 1.32 bits per heavy atom. The lowest BCUT2D eigenvalue weighted by atomic mass is 9.94. The quantitative estimate of drug-likeness (QED) is 0.901. The number of amides is 1. The highest BCUT2D eigenvalue weighted by atomic mass is 35.5. The largest absolute Gasteiger partial charge is 0.493 e. The van der Waals surface area contributed by atoms with Crippen molar-refractivity contribution in [2.75, 3.05) is 33.9 Å². The van der Waals surface area contributed by atoms with Crippen molar-refractivity contribution in [3.63, 3.8) is 0 Å². The number of nitrogens with two attached hydrogens (primary N) is 1. The minimum Gasteiger partial charge on any atom is -0.493 e. The number of ether oxygens (including phenoxy) is 2. The van der Waals surface area contributed by atoms with Crippen LogP contribution in [0.25, 0.3) is 0 Å². The van der Waals surface area contributed by atoms with E-state index in [1.807, 2.05) is 4.90 Å². The standard InChI is InChI=1S/C16H24N2O3.ClH/c1-20-14-6-5-13(10-15(14)21-2)16(19)18-9-3-4-12(11-18)7-8-17;/h5-6,10,12H,3-4,7-9,11,17H2,1-2H3;1H. The molecule has 0 saturated carbocycles. The van der Waals surface area contributed by atoms with Gasteiger partial charge >= 0.3 is 0 Å². The van der Waals surface area contributed by atoms with Gasteiger partial charge in [0, 0.05) is 18.7 Å². The number of benzene rings is 1. The fourth-order valence-electron chi connectivity index (χ4n) is 2.87. The molecule has 2 N–H and O–H groups in total. The van der Waals surface area contributed by atoms with Crippen LogP contribution in [-0.2, 0) is 0 Å². The molecule has 124 valence electrons. The molecule has 0 bridgehead atoms. The van der Waals surface area contributed by atoms with Crippen molar-refractivity contribution in [1.29, 1.82) is 0 Å². The highest BCUT2D eigenvalue weighted by Crippen LogP contribution is 2.29. The van der Waals surface area contributed by atoms with E-state index in [1.54, 1.807) is 32.4 Å². The summed E-state index contributed by atoms with van der Waals surface area (Å²) in [5.41, 5.74) is 6.27. The first kappa shape index (κ1) is 18.6. The normalized spacial score (nSPS) is 17.6. The molecule has 0 spiro atoms. The van der Waals surface area contributed by atoms with E-state index in [1.165, 1.54) is 0 Å². The van der Waals surface area contributed by atoms with E-state index in [0.717, 1.165) is 32.4 Å². The zero-order chi connectivity index (χ0) is 15.2. The summed E-state index contributed by atoms with van der Waals surface area (Å²) in [6, 6.07) is 5.30. The maximum Gasteiger partial charge on any atom is 0.254 e. The average molecular weight is 329 g/mol. The first-order valence-electron chi connectivity index (χ1n) is 7.41. The van der Waals surface area contributed by atoms with E-state index in [4.69, 9.17) is 15.2 Å². The third-order valence-corrected chi connectivity index (χ3v) is 4.01. The molecule has 6 heteroatoms. The van der Waals surface area contributed by atoms with E-state index in [2.05, 4.69) is 0 Å². The van der Waals surface area contributed by atoms with Crippen molar-refractivity contribution in [2.24, 2.45) is 11.7 Å². The molecule has 1 aliphatic heterocycles. The lowest BCUT2D eigenvalue weighted by molar-refractivity contribution is 0.0669. The summed E-state index contributed by atoms with van der Waals surface area (Å²) in [4.78, 5) is 14.5. The molecule has 1 amide bonds. The van der Waals surface area contributed by atoms with Gasteiger partial charge in [-0.25, -0.2) is 0 Å². The van der Waals surface area contributed by atoms with Gasteiger partial charge in [0.05, 0.1) is 14.2 Å². The van der Waals surface area contributed by atoms with Gasteiger partial charge in [-0.15, -0.1) is 12.4 Å². The number of carbonyl (C=O) groups excluding carboxylic acids is 1. The Bertz CT molecular complexity index is 494. The number of hydrogen-bond donors (Lipinski definition) is 1. The van der Waals surface area contributed by atoms with Crippen molar-refractivity contribution >= 4 is 18.3 Å². The van der Waals surface area contributed by atoms with Crippen LogP contribution in [0.4, 0.5) is 0 Å². The smallest absolute Gasteiger partial charge is 0.254 e. The van der Waals surface area contributed by atoms with Crippen LogP contribution in [0.2, 0.25) is 0 Å². The monoisotopic (exact) mass is 328 g/mol. The summed E-state index contributed by atoms with van der Waals surface area (Å²) >= 11 is 0. The molecule has 1 unspecified atom stereocenters. The number of nitrogens with zero attached hydrogens (tertiary/aromatic N) is 1. The molecular weight excluding hydrogens is 304 g/mol. The summed E-state index contributed by atoms with van der Waals surface area (Å²) in [6.07, 6.45) is 3.19. The van der Waals surface area contributed by atoms with Gasteiger partial charge in [0.1, 0.15) is 0 Å². The Balaban J connectivity index is 0.00000242. The molecule has 0 aromatic heterocycles. The minimum absolute atomic E-state index is 0. The topological polar surface area (TPSA) is 64.8 Å². The van der Waals surface area contributed by atoms with Gasteiger partial charge in [0.2, 0.25) is 0 Å². The number of piperidine rings is 1. The van der Waals surface area contributed by atoms with E-state index < -0.39 is 0 Å². The SMILES string of the molecule is COc1ccc(C(=O)N2CCCC(CCN)C2)cc1OC.Cl. The van der Waals surface area contributed by atoms with Crippen molar-refractivity contribution in [1.82, 2.24) is 4.90 Å². The van der Waals surface area contributed by atoms with E-state index >= 15 is 0 Å². The minimum atomic E-state index is 0. The Hall–Kier alpha value is -1.46. The third kappa shape index (κ3) is 4.27. The molecule has 0 radical (unpaired) electrons. The predicted molar refractivity (Wildman–Crippen MR) is 89.1 cm³/mol. The van der Waals surface area contributed by atoms with Crippen molar-refractivity contribution < 1.29 is 14.3 Å². The zero-order valence-corrected chi connectivity index (χ0v) is 14.0. The molecule has 22 heavy (non-hydrogen) atoms. The van der Waals surface area contributed by atoms with Gasteiger partial charge in [0.25, 0.3) is 5.91 Å². The van der Waals surface area contributed by atoms with Crippen LogP contribution in [-0.4, -0.2) is 44.7 Å². The number of halogens is 1. The molecule has 5 nitrogen and oxygen atoms in total. The van der Waals surface area contributed by atoms with Crippen LogP contribution in [0, 0.1) is 5.92 Å². The summed E-state index contributed by atoms with van der Waals surface area (Å²) in [5.74, 6) is 1.79. The van der Waals surface area contributed by atoms with E-state index in [9.17, 15) is 4.79 Å².